The number of aryl methyl sites for hydroxylation is 1. The van der Waals surface area contributed by atoms with Crippen LogP contribution >= 0.6 is 0 Å². The van der Waals surface area contributed by atoms with Crippen LogP contribution in [0.15, 0.2) is 30.7 Å². The van der Waals surface area contributed by atoms with Gasteiger partial charge >= 0.3 is 0 Å². The van der Waals surface area contributed by atoms with Crippen LogP contribution in [-0.4, -0.2) is 65.9 Å². The van der Waals surface area contributed by atoms with Crippen LogP contribution in [0.4, 0.5) is 13.2 Å². The van der Waals surface area contributed by atoms with Crippen molar-refractivity contribution in [3.8, 4) is 11.4 Å². The number of amides is 1. The Bertz CT molecular complexity index is 1410. The van der Waals surface area contributed by atoms with Gasteiger partial charge in [0.05, 0.1) is 23.1 Å². The largest absolute Gasteiger partial charge is 0.382 e. The van der Waals surface area contributed by atoms with Crippen LogP contribution in [0.25, 0.3) is 11.4 Å². The van der Waals surface area contributed by atoms with Gasteiger partial charge in [-0.3, -0.25) is 19.7 Å². The van der Waals surface area contributed by atoms with Crippen molar-refractivity contribution in [3.05, 3.63) is 70.8 Å². The first kappa shape index (κ1) is 27.1. The molecule has 4 heterocycles. The van der Waals surface area contributed by atoms with E-state index in [1.807, 2.05) is 18.7 Å². The number of hydrogen-bond acceptors (Lipinski definition) is 7. The van der Waals surface area contributed by atoms with Crippen molar-refractivity contribution >= 4 is 5.91 Å². The van der Waals surface area contributed by atoms with Crippen molar-refractivity contribution in [1.82, 2.24) is 29.7 Å². The van der Waals surface area contributed by atoms with Gasteiger partial charge in [-0.25, -0.2) is 23.1 Å². The molecule has 1 saturated carbocycles. The Balaban J connectivity index is 1.39. The summed E-state index contributed by atoms with van der Waals surface area (Å²) in [5.74, 6) is -2.47. The predicted molar refractivity (Wildman–Crippen MR) is 137 cm³/mol. The molecule has 3 aromatic rings. The van der Waals surface area contributed by atoms with Crippen molar-refractivity contribution in [2.24, 2.45) is 5.92 Å². The lowest BCUT2D eigenvalue weighted by molar-refractivity contribution is 0.0239. The molecule has 0 bridgehead atoms. The summed E-state index contributed by atoms with van der Waals surface area (Å²) in [4.78, 5) is 34.0. The molecule has 1 amide bonds. The second-order valence-corrected chi connectivity index (χ2v) is 10.8. The maximum absolute atomic E-state index is 16.0. The second kappa shape index (κ2) is 10.3. The normalized spacial score (nSPS) is 21.6. The van der Waals surface area contributed by atoms with E-state index in [0.717, 1.165) is 25.1 Å². The van der Waals surface area contributed by atoms with Gasteiger partial charge in [0.2, 0.25) is 0 Å². The summed E-state index contributed by atoms with van der Waals surface area (Å²) in [6, 6.07) is 1.81. The smallest absolute Gasteiger partial charge is 0.257 e. The van der Waals surface area contributed by atoms with E-state index in [0.29, 0.717) is 12.1 Å². The summed E-state index contributed by atoms with van der Waals surface area (Å²) < 4.78 is 43.4. The monoisotopic (exact) mass is 540 g/mol. The van der Waals surface area contributed by atoms with Gasteiger partial charge in [-0.2, -0.15) is 0 Å². The van der Waals surface area contributed by atoms with Gasteiger partial charge in [0.25, 0.3) is 5.91 Å². The van der Waals surface area contributed by atoms with E-state index in [1.54, 1.807) is 18.7 Å². The average Bonchev–Trinajstić information content (AvgIpc) is 3.74. The number of nitrogens with zero attached hydrogens (tertiary/aromatic N) is 6. The molecule has 2 fully saturated rings. The molecule has 206 valence electrons. The Labute approximate surface area is 224 Å². The van der Waals surface area contributed by atoms with E-state index < -0.39 is 29.0 Å². The third-order valence-electron chi connectivity index (χ3n) is 7.76. The first-order chi connectivity index (χ1) is 18.5. The van der Waals surface area contributed by atoms with Crippen LogP contribution in [0.1, 0.15) is 61.1 Å². The van der Waals surface area contributed by atoms with Crippen molar-refractivity contribution < 1.29 is 23.1 Å². The second-order valence-electron chi connectivity index (χ2n) is 10.8. The summed E-state index contributed by atoms with van der Waals surface area (Å²) in [7, 11) is 0. The molecular formula is C28H31F3N6O2. The molecule has 1 unspecified atom stereocenters. The van der Waals surface area contributed by atoms with E-state index in [9.17, 15) is 18.7 Å². The van der Waals surface area contributed by atoms with E-state index in [4.69, 9.17) is 0 Å². The van der Waals surface area contributed by atoms with Crippen LogP contribution in [0.3, 0.4) is 0 Å². The van der Waals surface area contributed by atoms with Gasteiger partial charge in [-0.05, 0) is 58.1 Å². The number of pyridine rings is 2. The quantitative estimate of drug-likeness (QED) is 0.505. The van der Waals surface area contributed by atoms with Gasteiger partial charge in [0.1, 0.15) is 22.9 Å². The van der Waals surface area contributed by atoms with Crippen molar-refractivity contribution in [2.45, 2.75) is 64.8 Å². The molecule has 5 rings (SSSR count). The Morgan fingerprint density at radius 2 is 1.85 bits per heavy atom. The van der Waals surface area contributed by atoms with Crippen LogP contribution in [-0.2, 0) is 12.1 Å². The topological polar surface area (TPSA) is 95.3 Å². The van der Waals surface area contributed by atoms with E-state index in [2.05, 4.69) is 19.9 Å². The SMILES string of the molecule is Cc1cnc(-c2ccnc(C(C)(O)C3CC3)n2)c(F)c1C(=O)N1C[C@H](C)N(Cc2ncc(F)cc2F)C[C@H]1C. The van der Waals surface area contributed by atoms with Crippen molar-refractivity contribution in [2.75, 3.05) is 13.1 Å². The summed E-state index contributed by atoms with van der Waals surface area (Å²) in [5, 5.41) is 10.9. The number of hydrogen-bond donors (Lipinski definition) is 1. The number of carbonyl (C=O) groups excluding carboxylic acids is 1. The fraction of sp³-hybridized carbons (Fsp3) is 0.464. The van der Waals surface area contributed by atoms with Crippen LogP contribution in [0.5, 0.6) is 0 Å². The average molecular weight is 541 g/mol. The van der Waals surface area contributed by atoms with E-state index >= 15 is 4.39 Å². The molecule has 0 aromatic carbocycles. The van der Waals surface area contributed by atoms with E-state index in [-0.39, 0.29) is 59.6 Å². The molecule has 1 aliphatic heterocycles. The minimum Gasteiger partial charge on any atom is -0.382 e. The number of rotatable bonds is 6. The highest BCUT2D eigenvalue weighted by atomic mass is 19.1. The molecule has 1 saturated heterocycles. The molecule has 3 aromatic heterocycles. The summed E-state index contributed by atoms with van der Waals surface area (Å²) in [5.41, 5.74) is -0.703. The molecule has 1 aliphatic carbocycles. The molecule has 0 spiro atoms. The first-order valence-corrected chi connectivity index (χ1v) is 13.0. The third-order valence-corrected chi connectivity index (χ3v) is 7.76. The molecule has 3 atom stereocenters. The Morgan fingerprint density at radius 3 is 2.54 bits per heavy atom. The lowest BCUT2D eigenvalue weighted by atomic mass is 9.99. The number of aliphatic hydroxyl groups is 1. The lowest BCUT2D eigenvalue weighted by Crippen LogP contribution is -2.57. The van der Waals surface area contributed by atoms with Crippen LogP contribution in [0, 0.1) is 30.3 Å². The third kappa shape index (κ3) is 5.25. The van der Waals surface area contributed by atoms with Crippen molar-refractivity contribution in [3.63, 3.8) is 0 Å². The Morgan fingerprint density at radius 1 is 1.10 bits per heavy atom. The minimum absolute atomic E-state index is 0.0539. The van der Waals surface area contributed by atoms with Crippen LogP contribution in [0.2, 0.25) is 0 Å². The highest BCUT2D eigenvalue weighted by Crippen LogP contribution is 2.44. The number of aromatic nitrogens is 4. The van der Waals surface area contributed by atoms with Gasteiger partial charge in [0.15, 0.2) is 11.6 Å². The molecule has 1 N–H and O–H groups in total. The zero-order valence-electron chi connectivity index (χ0n) is 22.3. The van der Waals surface area contributed by atoms with Crippen molar-refractivity contribution in [1.29, 1.82) is 0 Å². The maximum Gasteiger partial charge on any atom is 0.257 e. The number of piperazine rings is 1. The highest BCUT2D eigenvalue weighted by Gasteiger charge is 2.43. The van der Waals surface area contributed by atoms with Crippen LogP contribution < -0.4 is 0 Å². The number of halogens is 3. The lowest BCUT2D eigenvalue weighted by Gasteiger charge is -2.44. The molecule has 2 aliphatic rings. The molecule has 39 heavy (non-hydrogen) atoms. The van der Waals surface area contributed by atoms with Gasteiger partial charge in [-0.15, -0.1) is 0 Å². The minimum atomic E-state index is -1.23. The molecule has 8 nitrogen and oxygen atoms in total. The maximum atomic E-state index is 16.0. The highest BCUT2D eigenvalue weighted by molar-refractivity contribution is 5.97. The summed E-state index contributed by atoms with van der Waals surface area (Å²) in [6.45, 7) is 7.86. The number of carbonyl (C=O) groups is 1. The van der Waals surface area contributed by atoms with E-state index in [1.165, 1.54) is 18.5 Å². The first-order valence-electron chi connectivity index (χ1n) is 13.0. The Hall–Kier alpha value is -3.44. The summed E-state index contributed by atoms with van der Waals surface area (Å²) >= 11 is 0. The fourth-order valence-corrected chi connectivity index (χ4v) is 5.17. The van der Waals surface area contributed by atoms with Gasteiger partial charge in [-0.1, -0.05) is 0 Å². The standard InChI is InChI=1S/C28H31F3N6O2/c1-15-10-34-25(21-7-8-32-27(35-21)28(4,39)18-5-6-18)24(31)23(15)26(38)37-13-16(2)36(12-17(37)3)14-22-20(30)9-19(29)11-33-22/h7-11,16-18,39H,5-6,12-14H2,1-4H3/t16-,17+,28?/m0/s1. The van der Waals surface area contributed by atoms with Gasteiger partial charge < -0.3 is 10.0 Å². The molecule has 0 radical (unpaired) electrons. The molecular weight excluding hydrogens is 509 g/mol. The summed E-state index contributed by atoms with van der Waals surface area (Å²) in [6.07, 6.45) is 5.62. The Kier molecular flexibility index (Phi) is 7.15. The fourth-order valence-electron chi connectivity index (χ4n) is 5.17. The van der Waals surface area contributed by atoms with Gasteiger partial charge in [0, 0.05) is 50.2 Å². The predicted octanol–water partition coefficient (Wildman–Crippen LogP) is 4.01. The zero-order valence-corrected chi connectivity index (χ0v) is 22.3. The zero-order chi connectivity index (χ0) is 28.1. The molecule has 11 heteroatoms.